The van der Waals surface area contributed by atoms with Gasteiger partial charge in [0.2, 0.25) is 5.91 Å². The van der Waals surface area contributed by atoms with Crippen molar-refractivity contribution in [2.45, 2.75) is 38.6 Å². The summed E-state index contributed by atoms with van der Waals surface area (Å²) >= 11 is 5.94. The third-order valence-electron chi connectivity index (χ3n) is 5.16. The van der Waals surface area contributed by atoms with Crippen molar-refractivity contribution in [1.29, 1.82) is 0 Å². The van der Waals surface area contributed by atoms with Gasteiger partial charge < -0.3 is 15.5 Å². The van der Waals surface area contributed by atoms with Crippen LogP contribution in [0.5, 0.6) is 0 Å². The number of hydrogen-bond donors (Lipinski definition) is 2. The number of rotatable bonds is 5. The molecular weight excluding hydrogens is 374 g/mol. The number of nitrogens with zero attached hydrogens (tertiary/aromatic N) is 1. The first kappa shape index (κ1) is 20.2. The number of nitrogens with one attached hydrogen (secondary N) is 2. The van der Waals surface area contributed by atoms with Crippen molar-refractivity contribution in [3.05, 3.63) is 64.7 Å². The van der Waals surface area contributed by atoms with Crippen LogP contribution in [0.4, 0.5) is 10.5 Å². The molecular formula is C22H26ClN3O2. The van der Waals surface area contributed by atoms with E-state index in [1.807, 2.05) is 55.1 Å². The van der Waals surface area contributed by atoms with Crippen LogP contribution in [0.1, 0.15) is 37.8 Å². The van der Waals surface area contributed by atoms with E-state index >= 15 is 0 Å². The highest BCUT2D eigenvalue weighted by atomic mass is 35.5. The summed E-state index contributed by atoms with van der Waals surface area (Å²) in [5.41, 5.74) is 1.90. The molecule has 1 fully saturated rings. The van der Waals surface area contributed by atoms with Gasteiger partial charge in [0.05, 0.1) is 5.41 Å². The van der Waals surface area contributed by atoms with Gasteiger partial charge >= 0.3 is 6.03 Å². The molecule has 1 aliphatic rings. The van der Waals surface area contributed by atoms with E-state index < -0.39 is 5.41 Å². The van der Waals surface area contributed by atoms with Crippen molar-refractivity contribution >= 4 is 29.2 Å². The van der Waals surface area contributed by atoms with E-state index in [4.69, 9.17) is 11.6 Å². The lowest BCUT2D eigenvalue weighted by Crippen LogP contribution is -2.39. The van der Waals surface area contributed by atoms with Crippen molar-refractivity contribution < 1.29 is 9.59 Å². The van der Waals surface area contributed by atoms with Crippen LogP contribution in [0.3, 0.4) is 0 Å². The van der Waals surface area contributed by atoms with Crippen LogP contribution in [0.2, 0.25) is 5.02 Å². The summed E-state index contributed by atoms with van der Waals surface area (Å²) in [6.07, 6.45) is 2.12. The summed E-state index contributed by atoms with van der Waals surface area (Å²) in [4.78, 5) is 26.8. The maximum Gasteiger partial charge on any atom is 0.321 e. The van der Waals surface area contributed by atoms with Crippen molar-refractivity contribution in [1.82, 2.24) is 10.2 Å². The van der Waals surface area contributed by atoms with E-state index in [-0.39, 0.29) is 11.9 Å². The molecule has 5 nitrogen and oxygen atoms in total. The lowest BCUT2D eigenvalue weighted by atomic mass is 9.83. The quantitative estimate of drug-likeness (QED) is 0.774. The highest BCUT2D eigenvalue weighted by molar-refractivity contribution is 6.30. The number of benzene rings is 2. The second kappa shape index (κ2) is 8.65. The van der Waals surface area contributed by atoms with E-state index in [1.54, 1.807) is 12.1 Å². The van der Waals surface area contributed by atoms with E-state index in [0.29, 0.717) is 11.6 Å². The second-order valence-corrected chi connectivity index (χ2v) is 8.08. The molecule has 2 aromatic carbocycles. The number of amides is 3. The SMILES string of the molecule is CC(C)(C(=O)NCc1cccc(NC(=O)N2CCCC2)c1)c1ccc(Cl)cc1. The molecule has 148 valence electrons. The first-order chi connectivity index (χ1) is 13.4. The monoisotopic (exact) mass is 399 g/mol. The number of anilines is 1. The van der Waals surface area contributed by atoms with Crippen LogP contribution in [0.15, 0.2) is 48.5 Å². The van der Waals surface area contributed by atoms with Crippen LogP contribution < -0.4 is 10.6 Å². The molecule has 0 atom stereocenters. The fourth-order valence-electron chi connectivity index (χ4n) is 3.28. The van der Waals surface area contributed by atoms with Gasteiger partial charge in [-0.1, -0.05) is 35.9 Å². The van der Waals surface area contributed by atoms with Crippen molar-refractivity contribution in [2.24, 2.45) is 0 Å². The molecule has 0 saturated carbocycles. The summed E-state index contributed by atoms with van der Waals surface area (Å²) in [6, 6.07) is 14.8. The number of hydrogen-bond acceptors (Lipinski definition) is 2. The summed E-state index contributed by atoms with van der Waals surface area (Å²) in [6.45, 7) is 5.78. The predicted molar refractivity (Wildman–Crippen MR) is 113 cm³/mol. The highest BCUT2D eigenvalue weighted by Crippen LogP contribution is 2.25. The molecule has 0 radical (unpaired) electrons. The summed E-state index contributed by atoms with van der Waals surface area (Å²) in [5.74, 6) is -0.0682. The topological polar surface area (TPSA) is 61.4 Å². The maximum atomic E-state index is 12.7. The largest absolute Gasteiger partial charge is 0.351 e. The van der Waals surface area contributed by atoms with Gasteiger partial charge in [-0.25, -0.2) is 4.79 Å². The van der Waals surface area contributed by atoms with Gasteiger partial charge in [0.25, 0.3) is 0 Å². The van der Waals surface area contributed by atoms with Crippen LogP contribution in [0.25, 0.3) is 0 Å². The molecule has 6 heteroatoms. The van der Waals surface area contributed by atoms with Crippen LogP contribution in [0, 0.1) is 0 Å². The molecule has 2 aromatic rings. The Hall–Kier alpha value is -2.53. The summed E-state index contributed by atoms with van der Waals surface area (Å²) in [5, 5.41) is 6.57. The Bertz CT molecular complexity index is 843. The fraction of sp³-hybridized carbons (Fsp3) is 0.364. The van der Waals surface area contributed by atoms with E-state index in [1.165, 1.54) is 0 Å². The molecule has 1 aliphatic heterocycles. The zero-order chi connectivity index (χ0) is 20.1. The lowest BCUT2D eigenvalue weighted by molar-refractivity contribution is -0.125. The van der Waals surface area contributed by atoms with Gasteiger partial charge in [-0.05, 0) is 62.1 Å². The molecule has 0 bridgehead atoms. The van der Waals surface area contributed by atoms with Crippen LogP contribution in [-0.2, 0) is 16.8 Å². The Balaban J connectivity index is 1.60. The standard InChI is InChI=1S/C22H26ClN3O2/c1-22(2,17-8-10-18(23)11-9-17)20(27)24-15-16-6-5-7-19(14-16)25-21(28)26-12-3-4-13-26/h5-11,14H,3-4,12-13,15H2,1-2H3,(H,24,27)(H,25,28). The zero-order valence-corrected chi connectivity index (χ0v) is 17.1. The van der Waals surface area contributed by atoms with Crippen LogP contribution in [-0.4, -0.2) is 29.9 Å². The van der Waals surface area contributed by atoms with Gasteiger partial charge in [0.1, 0.15) is 0 Å². The summed E-state index contributed by atoms with van der Waals surface area (Å²) in [7, 11) is 0. The Labute approximate surface area is 171 Å². The number of urea groups is 1. The highest BCUT2D eigenvalue weighted by Gasteiger charge is 2.29. The van der Waals surface area contributed by atoms with E-state index in [0.717, 1.165) is 42.7 Å². The van der Waals surface area contributed by atoms with Gasteiger partial charge in [-0.2, -0.15) is 0 Å². The third-order valence-corrected chi connectivity index (χ3v) is 5.41. The number of halogens is 1. The Kier molecular flexibility index (Phi) is 6.25. The minimum Gasteiger partial charge on any atom is -0.351 e. The van der Waals surface area contributed by atoms with E-state index in [2.05, 4.69) is 10.6 Å². The Morgan fingerprint density at radius 1 is 1.07 bits per heavy atom. The lowest BCUT2D eigenvalue weighted by Gasteiger charge is -2.24. The molecule has 0 aliphatic carbocycles. The first-order valence-electron chi connectivity index (χ1n) is 9.55. The number of carbonyl (C=O) groups is 2. The minimum absolute atomic E-state index is 0.0671. The van der Waals surface area contributed by atoms with E-state index in [9.17, 15) is 9.59 Å². The Morgan fingerprint density at radius 3 is 2.43 bits per heavy atom. The van der Waals surface area contributed by atoms with Crippen molar-refractivity contribution in [3.8, 4) is 0 Å². The van der Waals surface area contributed by atoms with Gasteiger partial charge in [-0.15, -0.1) is 0 Å². The Morgan fingerprint density at radius 2 is 1.75 bits per heavy atom. The second-order valence-electron chi connectivity index (χ2n) is 7.64. The van der Waals surface area contributed by atoms with Crippen LogP contribution >= 0.6 is 11.6 Å². The molecule has 0 aromatic heterocycles. The van der Waals surface area contributed by atoms with Crippen molar-refractivity contribution in [2.75, 3.05) is 18.4 Å². The molecule has 3 amide bonds. The summed E-state index contributed by atoms with van der Waals surface area (Å²) < 4.78 is 0. The molecule has 1 saturated heterocycles. The van der Waals surface area contributed by atoms with Gasteiger partial charge in [0, 0.05) is 30.3 Å². The molecule has 2 N–H and O–H groups in total. The van der Waals surface area contributed by atoms with Crippen molar-refractivity contribution in [3.63, 3.8) is 0 Å². The predicted octanol–water partition coefficient (Wildman–Crippen LogP) is 4.56. The fourth-order valence-corrected chi connectivity index (χ4v) is 3.41. The first-order valence-corrected chi connectivity index (χ1v) is 9.93. The van der Waals surface area contributed by atoms with Gasteiger partial charge in [-0.3, -0.25) is 4.79 Å². The third kappa shape index (κ3) is 4.84. The average molecular weight is 400 g/mol. The number of likely N-dealkylation sites (tertiary alicyclic amines) is 1. The zero-order valence-electron chi connectivity index (χ0n) is 16.3. The maximum absolute atomic E-state index is 12.7. The average Bonchev–Trinajstić information content (AvgIpc) is 3.22. The smallest absolute Gasteiger partial charge is 0.321 e. The number of carbonyl (C=O) groups excluding carboxylic acids is 2. The molecule has 0 spiro atoms. The molecule has 1 heterocycles. The minimum atomic E-state index is -0.674. The molecule has 3 rings (SSSR count). The molecule has 28 heavy (non-hydrogen) atoms. The normalized spacial score (nSPS) is 14.0. The van der Waals surface area contributed by atoms with Gasteiger partial charge in [0.15, 0.2) is 0 Å². The molecule has 0 unspecified atom stereocenters.